The minimum Gasteiger partial charge on any atom is -0.619 e. The number of rotatable bonds is 0. The van der Waals surface area contributed by atoms with Crippen molar-refractivity contribution in [2.75, 3.05) is 0 Å². The summed E-state index contributed by atoms with van der Waals surface area (Å²) in [7, 11) is 0. The molecule has 0 spiro atoms. The number of hydrogen-bond donors (Lipinski definition) is 0. The number of carbonyl (C=O) groups excluding carboxylic acids is 4. The van der Waals surface area contributed by atoms with Crippen molar-refractivity contribution in [1.82, 2.24) is 4.98 Å². The highest BCUT2D eigenvalue weighted by Crippen LogP contribution is 2.08. The topological polar surface area (TPSA) is 108 Å². The monoisotopic (exact) mass is 352 g/mol. The Labute approximate surface area is 144 Å². The molecule has 0 aliphatic carbocycles. The first-order valence-electron chi connectivity index (χ1n) is 6.48. The maximum absolute atomic E-state index is 10.8. The molecule has 2 aromatic rings. The molecule has 0 fully saturated rings. The molecule has 0 N–H and O–H groups in total. The SMILES string of the molecule is Cc1ccc(Cl)nc1C.Cc1ccc[n+]([O-])c1C.O=C=O.O=C=O. The lowest BCUT2D eigenvalue weighted by Gasteiger charge is -2.00. The van der Waals surface area contributed by atoms with Gasteiger partial charge in [0.15, 0.2) is 11.9 Å². The highest BCUT2D eigenvalue weighted by Gasteiger charge is 1.98. The van der Waals surface area contributed by atoms with Crippen LogP contribution in [0.25, 0.3) is 0 Å². The first-order valence-corrected chi connectivity index (χ1v) is 6.86. The molecule has 0 unspecified atom stereocenters. The molecule has 0 aliphatic heterocycles. The minimum atomic E-state index is 0.250. The molecule has 0 atom stereocenters. The maximum atomic E-state index is 10.8. The van der Waals surface area contributed by atoms with Crippen LogP contribution in [0.1, 0.15) is 22.5 Å². The fourth-order valence-electron chi connectivity index (χ4n) is 1.27. The Hall–Kier alpha value is -2.85. The van der Waals surface area contributed by atoms with E-state index in [4.69, 9.17) is 30.8 Å². The summed E-state index contributed by atoms with van der Waals surface area (Å²) in [5, 5.41) is 11.3. The summed E-state index contributed by atoms with van der Waals surface area (Å²) in [6.45, 7) is 7.69. The number of aryl methyl sites for hydroxylation is 3. The number of pyridine rings is 2. The molecular formula is C16H17ClN2O5. The second kappa shape index (κ2) is 13.8. The first kappa shape index (κ1) is 23.4. The summed E-state index contributed by atoms with van der Waals surface area (Å²) in [5.41, 5.74) is 3.99. The molecule has 128 valence electrons. The Morgan fingerprint density at radius 3 is 1.79 bits per heavy atom. The lowest BCUT2D eigenvalue weighted by atomic mass is 10.2. The van der Waals surface area contributed by atoms with Crippen LogP contribution in [0, 0.1) is 32.9 Å². The average molecular weight is 353 g/mol. The normalized spacial score (nSPS) is 7.88. The van der Waals surface area contributed by atoms with E-state index in [0.717, 1.165) is 21.7 Å². The van der Waals surface area contributed by atoms with Gasteiger partial charge in [0.1, 0.15) is 5.15 Å². The summed E-state index contributed by atoms with van der Waals surface area (Å²) < 4.78 is 0.870. The Morgan fingerprint density at radius 2 is 1.46 bits per heavy atom. The van der Waals surface area contributed by atoms with Crippen molar-refractivity contribution in [2.24, 2.45) is 0 Å². The quantitative estimate of drug-likeness (QED) is 0.408. The molecule has 0 aromatic carbocycles. The zero-order valence-electron chi connectivity index (χ0n) is 13.7. The third-order valence-corrected chi connectivity index (χ3v) is 3.00. The van der Waals surface area contributed by atoms with Crippen LogP contribution in [0.3, 0.4) is 0 Å². The van der Waals surface area contributed by atoms with Gasteiger partial charge < -0.3 is 5.21 Å². The molecule has 2 heterocycles. The molecule has 0 saturated carbocycles. The predicted octanol–water partition coefficient (Wildman–Crippen LogP) is 2.12. The van der Waals surface area contributed by atoms with Crippen molar-refractivity contribution in [2.45, 2.75) is 27.7 Å². The maximum Gasteiger partial charge on any atom is 0.373 e. The first-order chi connectivity index (χ1) is 11.2. The third-order valence-electron chi connectivity index (χ3n) is 2.79. The van der Waals surface area contributed by atoms with Gasteiger partial charge in [0.25, 0.3) is 0 Å². The highest BCUT2D eigenvalue weighted by molar-refractivity contribution is 6.29. The molecular weight excluding hydrogens is 336 g/mol. The fraction of sp³-hybridized carbons (Fsp3) is 0.250. The summed E-state index contributed by atoms with van der Waals surface area (Å²) >= 11 is 5.61. The van der Waals surface area contributed by atoms with Crippen LogP contribution in [-0.4, -0.2) is 17.3 Å². The second-order valence-corrected chi connectivity index (χ2v) is 4.69. The lowest BCUT2D eigenvalue weighted by molar-refractivity contribution is -0.612. The Kier molecular flexibility index (Phi) is 13.5. The molecule has 2 rings (SSSR count). The van der Waals surface area contributed by atoms with Crippen molar-refractivity contribution in [3.05, 3.63) is 63.3 Å². The van der Waals surface area contributed by atoms with Crippen molar-refractivity contribution in [3.63, 3.8) is 0 Å². The van der Waals surface area contributed by atoms with E-state index >= 15 is 0 Å². The average Bonchev–Trinajstić information content (AvgIpc) is 2.51. The van der Waals surface area contributed by atoms with Crippen LogP contribution < -0.4 is 4.73 Å². The summed E-state index contributed by atoms with van der Waals surface area (Å²) in [4.78, 5) is 36.5. The molecule has 0 saturated heterocycles. The molecule has 7 nitrogen and oxygen atoms in total. The van der Waals surface area contributed by atoms with Gasteiger partial charge in [-0.25, -0.2) is 4.98 Å². The molecule has 0 radical (unpaired) electrons. The molecule has 0 aliphatic rings. The summed E-state index contributed by atoms with van der Waals surface area (Å²) in [5.74, 6) is 0. The van der Waals surface area contributed by atoms with Gasteiger partial charge in [-0.15, -0.1) is 0 Å². The smallest absolute Gasteiger partial charge is 0.373 e. The summed E-state index contributed by atoms with van der Waals surface area (Å²) in [6.07, 6.45) is 2.00. The van der Waals surface area contributed by atoms with Gasteiger partial charge in [0.2, 0.25) is 0 Å². The van der Waals surface area contributed by atoms with Crippen LogP contribution in [0.2, 0.25) is 5.15 Å². The van der Waals surface area contributed by atoms with E-state index in [1.807, 2.05) is 39.8 Å². The zero-order chi connectivity index (χ0) is 19.1. The van der Waals surface area contributed by atoms with E-state index in [-0.39, 0.29) is 12.3 Å². The molecule has 0 amide bonds. The third kappa shape index (κ3) is 10.8. The predicted molar refractivity (Wildman–Crippen MR) is 83.6 cm³/mol. The molecule has 8 heteroatoms. The van der Waals surface area contributed by atoms with Gasteiger partial charge in [-0.2, -0.15) is 23.9 Å². The van der Waals surface area contributed by atoms with E-state index in [9.17, 15) is 5.21 Å². The van der Waals surface area contributed by atoms with Crippen LogP contribution in [0.5, 0.6) is 0 Å². The van der Waals surface area contributed by atoms with E-state index in [2.05, 4.69) is 4.98 Å². The molecule has 0 bridgehead atoms. The van der Waals surface area contributed by atoms with Crippen LogP contribution in [0.4, 0.5) is 0 Å². The van der Waals surface area contributed by atoms with Gasteiger partial charge >= 0.3 is 12.3 Å². The number of hydrogen-bond acceptors (Lipinski definition) is 6. The van der Waals surface area contributed by atoms with Crippen molar-refractivity contribution in [3.8, 4) is 0 Å². The Balaban J connectivity index is 0. The number of aromatic nitrogens is 2. The number of nitrogens with zero attached hydrogens (tertiary/aromatic N) is 2. The van der Waals surface area contributed by atoms with E-state index in [1.165, 1.54) is 11.8 Å². The van der Waals surface area contributed by atoms with Crippen LogP contribution in [-0.2, 0) is 19.2 Å². The highest BCUT2D eigenvalue weighted by atomic mass is 35.5. The van der Waals surface area contributed by atoms with Gasteiger partial charge in [-0.05, 0) is 38.5 Å². The van der Waals surface area contributed by atoms with Crippen molar-refractivity contribution >= 4 is 23.9 Å². The zero-order valence-corrected chi connectivity index (χ0v) is 14.5. The molecule has 2 aromatic heterocycles. The van der Waals surface area contributed by atoms with E-state index in [1.54, 1.807) is 12.1 Å². The standard InChI is InChI=1S/C7H8ClN.C7H9NO.2CO2/c1-5-3-4-7(8)9-6(5)2;1-6-4-3-5-8(9)7(6)2;2*2-1-3/h3-4H,1-2H3;3-5H,1-2H3;;. The summed E-state index contributed by atoms with van der Waals surface area (Å²) in [6, 6.07) is 7.42. The minimum absolute atomic E-state index is 0.250. The van der Waals surface area contributed by atoms with Gasteiger partial charge in [0, 0.05) is 24.2 Å². The second-order valence-electron chi connectivity index (χ2n) is 4.31. The van der Waals surface area contributed by atoms with E-state index in [0.29, 0.717) is 5.15 Å². The van der Waals surface area contributed by atoms with Crippen LogP contribution in [0.15, 0.2) is 30.5 Å². The van der Waals surface area contributed by atoms with Crippen molar-refractivity contribution in [1.29, 1.82) is 0 Å². The lowest BCUT2D eigenvalue weighted by Crippen LogP contribution is -2.29. The van der Waals surface area contributed by atoms with E-state index < -0.39 is 0 Å². The Morgan fingerprint density at radius 1 is 0.958 bits per heavy atom. The van der Waals surface area contributed by atoms with Gasteiger partial charge in [0.05, 0.1) is 0 Å². The Bertz CT molecular complexity index is 675. The van der Waals surface area contributed by atoms with Crippen LogP contribution >= 0.6 is 11.6 Å². The van der Waals surface area contributed by atoms with Gasteiger partial charge in [-0.3, -0.25) is 0 Å². The molecule has 24 heavy (non-hydrogen) atoms. The fourth-order valence-corrected chi connectivity index (χ4v) is 1.46. The van der Waals surface area contributed by atoms with Gasteiger partial charge in [-0.1, -0.05) is 17.7 Å². The largest absolute Gasteiger partial charge is 0.619 e. The number of halogens is 1. The van der Waals surface area contributed by atoms with Crippen molar-refractivity contribution < 1.29 is 23.9 Å².